The Bertz CT molecular complexity index is 792. The van der Waals surface area contributed by atoms with Crippen molar-refractivity contribution < 1.29 is 9.59 Å². The van der Waals surface area contributed by atoms with Crippen LogP contribution in [0.25, 0.3) is 0 Å². The van der Waals surface area contributed by atoms with Gasteiger partial charge in [0.05, 0.1) is 0 Å². The fourth-order valence-corrected chi connectivity index (χ4v) is 3.27. The van der Waals surface area contributed by atoms with Crippen LogP contribution in [0.2, 0.25) is 0 Å². The van der Waals surface area contributed by atoms with Crippen molar-refractivity contribution in [3.63, 3.8) is 0 Å². The van der Waals surface area contributed by atoms with E-state index >= 15 is 0 Å². The lowest BCUT2D eigenvalue weighted by Gasteiger charge is -2.08. The summed E-state index contributed by atoms with van der Waals surface area (Å²) in [6.45, 7) is 3.90. The fourth-order valence-electron chi connectivity index (χ4n) is 3.27. The average molecular weight is 321 g/mol. The number of rotatable bonds is 5. The van der Waals surface area contributed by atoms with Gasteiger partial charge in [0.2, 0.25) is 5.91 Å². The number of aryl methyl sites for hydroxylation is 4. The van der Waals surface area contributed by atoms with Gasteiger partial charge in [0.15, 0.2) is 5.78 Å². The van der Waals surface area contributed by atoms with Gasteiger partial charge in [-0.3, -0.25) is 9.59 Å². The molecule has 1 amide bonds. The zero-order chi connectivity index (χ0) is 17.1. The van der Waals surface area contributed by atoms with E-state index in [4.69, 9.17) is 0 Å². The number of hydrogen-bond donors (Lipinski definition) is 1. The second kappa shape index (κ2) is 7.00. The summed E-state index contributed by atoms with van der Waals surface area (Å²) in [6.07, 6.45) is 3.86. The van der Waals surface area contributed by atoms with Crippen LogP contribution in [0, 0.1) is 13.8 Å². The van der Waals surface area contributed by atoms with Crippen LogP contribution >= 0.6 is 0 Å². The Morgan fingerprint density at radius 3 is 2.58 bits per heavy atom. The first-order valence-electron chi connectivity index (χ1n) is 8.55. The van der Waals surface area contributed by atoms with Crippen LogP contribution in [-0.4, -0.2) is 11.7 Å². The molecule has 24 heavy (non-hydrogen) atoms. The first-order chi connectivity index (χ1) is 11.5. The zero-order valence-corrected chi connectivity index (χ0v) is 14.3. The van der Waals surface area contributed by atoms with Gasteiger partial charge in [-0.15, -0.1) is 0 Å². The number of amides is 1. The molecule has 0 radical (unpaired) electrons. The minimum Gasteiger partial charge on any atom is -0.326 e. The van der Waals surface area contributed by atoms with E-state index in [0.717, 1.165) is 35.2 Å². The largest absolute Gasteiger partial charge is 0.326 e. The van der Waals surface area contributed by atoms with Crippen molar-refractivity contribution in [1.29, 1.82) is 0 Å². The number of carbonyl (C=O) groups excluding carboxylic acids is 2. The number of ketones is 1. The highest BCUT2D eigenvalue weighted by atomic mass is 16.2. The number of anilines is 1. The summed E-state index contributed by atoms with van der Waals surface area (Å²) < 4.78 is 0. The molecule has 0 unspecified atom stereocenters. The van der Waals surface area contributed by atoms with Crippen LogP contribution in [0.15, 0.2) is 36.4 Å². The molecule has 0 aliphatic heterocycles. The molecule has 1 aliphatic rings. The third kappa shape index (κ3) is 3.73. The molecular formula is C21H23NO2. The number of Topliss-reactive ketones (excluding diaryl/α,β-unsaturated/α-hetero) is 1. The van der Waals surface area contributed by atoms with Crippen molar-refractivity contribution in [2.24, 2.45) is 0 Å². The van der Waals surface area contributed by atoms with Gasteiger partial charge >= 0.3 is 0 Å². The number of benzene rings is 2. The van der Waals surface area contributed by atoms with E-state index in [9.17, 15) is 9.59 Å². The standard InChI is InChI=1S/C21H23NO2/c1-14-6-7-15(2)19(12-14)20(23)10-11-21(24)22-18-9-8-16-4-3-5-17(16)13-18/h6-9,12-13H,3-5,10-11H2,1-2H3,(H,22,24). The van der Waals surface area contributed by atoms with Crippen molar-refractivity contribution in [3.8, 4) is 0 Å². The number of nitrogens with one attached hydrogen (secondary N) is 1. The van der Waals surface area contributed by atoms with Crippen LogP contribution in [0.3, 0.4) is 0 Å². The molecule has 0 fully saturated rings. The molecule has 3 nitrogen and oxygen atoms in total. The highest BCUT2D eigenvalue weighted by Crippen LogP contribution is 2.25. The summed E-state index contributed by atoms with van der Waals surface area (Å²) in [5, 5.41) is 2.91. The molecule has 0 heterocycles. The highest BCUT2D eigenvalue weighted by Gasteiger charge is 2.14. The van der Waals surface area contributed by atoms with E-state index < -0.39 is 0 Å². The summed E-state index contributed by atoms with van der Waals surface area (Å²) in [6, 6.07) is 12.0. The number of carbonyl (C=O) groups is 2. The second-order valence-corrected chi connectivity index (χ2v) is 6.63. The minimum absolute atomic E-state index is 0.0281. The third-order valence-corrected chi connectivity index (χ3v) is 4.65. The predicted molar refractivity (Wildman–Crippen MR) is 96.6 cm³/mol. The molecule has 1 aliphatic carbocycles. The predicted octanol–water partition coefficient (Wildman–Crippen LogP) is 4.39. The maximum atomic E-state index is 12.3. The maximum absolute atomic E-state index is 12.3. The summed E-state index contributed by atoms with van der Waals surface area (Å²) in [5.74, 6) is -0.0769. The monoisotopic (exact) mass is 321 g/mol. The fraction of sp³-hybridized carbons (Fsp3) is 0.333. The number of fused-ring (bicyclic) bond motifs is 1. The Morgan fingerprint density at radius 2 is 1.75 bits per heavy atom. The van der Waals surface area contributed by atoms with Crippen LogP contribution in [-0.2, 0) is 17.6 Å². The molecule has 0 atom stereocenters. The molecule has 0 saturated heterocycles. The summed E-state index contributed by atoms with van der Waals surface area (Å²) >= 11 is 0. The van der Waals surface area contributed by atoms with E-state index in [2.05, 4.69) is 17.4 Å². The summed E-state index contributed by atoms with van der Waals surface area (Å²) in [5.41, 5.74) is 6.30. The van der Waals surface area contributed by atoms with Crippen LogP contribution < -0.4 is 5.32 Å². The lowest BCUT2D eigenvalue weighted by Crippen LogP contribution is -2.14. The molecule has 0 spiro atoms. The van der Waals surface area contributed by atoms with Crippen molar-refractivity contribution in [2.45, 2.75) is 46.0 Å². The Hall–Kier alpha value is -2.42. The molecule has 0 saturated carbocycles. The first-order valence-corrected chi connectivity index (χ1v) is 8.55. The van der Waals surface area contributed by atoms with E-state index in [-0.39, 0.29) is 24.5 Å². The van der Waals surface area contributed by atoms with Gasteiger partial charge in [-0.2, -0.15) is 0 Å². The number of hydrogen-bond acceptors (Lipinski definition) is 2. The third-order valence-electron chi connectivity index (χ3n) is 4.65. The summed E-state index contributed by atoms with van der Waals surface area (Å²) in [4.78, 5) is 24.5. The minimum atomic E-state index is -0.105. The van der Waals surface area contributed by atoms with E-state index in [1.54, 1.807) is 0 Å². The van der Waals surface area contributed by atoms with Crippen LogP contribution in [0.1, 0.15) is 51.9 Å². The molecule has 124 valence electrons. The van der Waals surface area contributed by atoms with Crippen molar-refractivity contribution in [1.82, 2.24) is 0 Å². The molecule has 0 bridgehead atoms. The molecular weight excluding hydrogens is 298 g/mol. The zero-order valence-electron chi connectivity index (χ0n) is 14.3. The van der Waals surface area contributed by atoms with Gasteiger partial charge in [-0.1, -0.05) is 23.8 Å². The van der Waals surface area contributed by atoms with Gasteiger partial charge in [-0.05, 0) is 68.0 Å². The van der Waals surface area contributed by atoms with Crippen molar-refractivity contribution in [2.75, 3.05) is 5.32 Å². The highest BCUT2D eigenvalue weighted by molar-refractivity contribution is 6.01. The van der Waals surface area contributed by atoms with Crippen molar-refractivity contribution in [3.05, 3.63) is 64.2 Å². The lowest BCUT2D eigenvalue weighted by molar-refractivity contribution is -0.116. The van der Waals surface area contributed by atoms with Gasteiger partial charge in [-0.25, -0.2) is 0 Å². The van der Waals surface area contributed by atoms with E-state index in [1.807, 2.05) is 38.1 Å². The second-order valence-electron chi connectivity index (χ2n) is 6.63. The Kier molecular flexibility index (Phi) is 4.79. The first kappa shape index (κ1) is 16.4. The normalized spacial score (nSPS) is 12.8. The van der Waals surface area contributed by atoms with Gasteiger partial charge in [0, 0.05) is 24.1 Å². The Morgan fingerprint density at radius 1 is 0.958 bits per heavy atom. The molecule has 2 aromatic carbocycles. The van der Waals surface area contributed by atoms with Crippen LogP contribution in [0.4, 0.5) is 5.69 Å². The average Bonchev–Trinajstić information content (AvgIpc) is 3.02. The molecule has 0 aromatic heterocycles. The molecule has 3 heteroatoms. The molecule has 1 N–H and O–H groups in total. The SMILES string of the molecule is Cc1ccc(C)c(C(=O)CCC(=O)Nc2ccc3c(c2)CCC3)c1. The topological polar surface area (TPSA) is 46.2 Å². The van der Waals surface area contributed by atoms with Crippen LogP contribution in [0.5, 0.6) is 0 Å². The van der Waals surface area contributed by atoms with Gasteiger partial charge < -0.3 is 5.32 Å². The Balaban J connectivity index is 1.57. The maximum Gasteiger partial charge on any atom is 0.224 e. The van der Waals surface area contributed by atoms with Crippen molar-refractivity contribution >= 4 is 17.4 Å². The summed E-state index contributed by atoms with van der Waals surface area (Å²) in [7, 11) is 0. The van der Waals surface area contributed by atoms with E-state index in [0.29, 0.717) is 0 Å². The van der Waals surface area contributed by atoms with E-state index in [1.165, 1.54) is 17.5 Å². The van der Waals surface area contributed by atoms with Gasteiger partial charge in [0.1, 0.15) is 0 Å². The molecule has 2 aromatic rings. The Labute approximate surface area is 143 Å². The molecule has 3 rings (SSSR count). The quantitative estimate of drug-likeness (QED) is 0.830. The van der Waals surface area contributed by atoms with Gasteiger partial charge in [0.25, 0.3) is 0 Å². The smallest absolute Gasteiger partial charge is 0.224 e. The lowest BCUT2D eigenvalue weighted by atomic mass is 9.99.